The van der Waals surface area contributed by atoms with E-state index in [1.165, 1.54) is 5.56 Å². The van der Waals surface area contributed by atoms with Crippen LogP contribution in [-0.4, -0.2) is 12.7 Å². The minimum absolute atomic E-state index is 0.385. The van der Waals surface area contributed by atoms with Gasteiger partial charge < -0.3 is 4.74 Å². The highest BCUT2D eigenvalue weighted by Gasteiger charge is 2.03. The molecule has 16 heavy (non-hydrogen) atoms. The van der Waals surface area contributed by atoms with Gasteiger partial charge >= 0.3 is 6.09 Å². The van der Waals surface area contributed by atoms with Gasteiger partial charge in [-0.3, -0.25) is 5.32 Å². The van der Waals surface area contributed by atoms with Crippen LogP contribution in [0.1, 0.15) is 25.8 Å². The smallest absolute Gasteiger partial charge is 0.411 e. The van der Waals surface area contributed by atoms with Crippen molar-refractivity contribution in [1.82, 2.24) is 0 Å². The molecule has 0 heterocycles. The molecule has 1 amide bonds. The molecule has 0 aromatic heterocycles. The number of anilines is 1. The Balaban J connectivity index is 2.31. The second kappa shape index (κ2) is 6.16. The highest BCUT2D eigenvalue weighted by Crippen LogP contribution is 2.09. The third-order valence-corrected chi connectivity index (χ3v) is 2.23. The van der Waals surface area contributed by atoms with Crippen molar-refractivity contribution in [3.8, 4) is 0 Å². The number of carbonyl (C=O) groups excluding carboxylic acids is 1. The second-order valence-corrected chi connectivity index (χ2v) is 4.31. The summed E-state index contributed by atoms with van der Waals surface area (Å²) in [6, 6.07) is 7.62. The molecule has 0 unspecified atom stereocenters. The Morgan fingerprint density at radius 3 is 2.50 bits per heavy atom. The predicted octanol–water partition coefficient (Wildman–Crippen LogP) is 3.59. The number of hydrogen-bond acceptors (Lipinski definition) is 2. The summed E-state index contributed by atoms with van der Waals surface area (Å²) in [4.78, 5) is 11.3. The summed E-state index contributed by atoms with van der Waals surface area (Å²) >= 11 is 0. The lowest BCUT2D eigenvalue weighted by Gasteiger charge is -2.08. The van der Waals surface area contributed by atoms with Crippen LogP contribution in [0.15, 0.2) is 24.3 Å². The number of nitrogens with one attached hydrogen (secondary N) is 1. The lowest BCUT2D eigenvalue weighted by Crippen LogP contribution is -2.15. The van der Waals surface area contributed by atoms with Gasteiger partial charge in [0.05, 0.1) is 6.61 Å². The zero-order valence-electron chi connectivity index (χ0n) is 10.1. The van der Waals surface area contributed by atoms with Crippen molar-refractivity contribution in [3.63, 3.8) is 0 Å². The molecular formula is C13H19NO2. The molecule has 1 N–H and O–H groups in total. The van der Waals surface area contributed by atoms with Crippen molar-refractivity contribution in [2.45, 2.75) is 27.2 Å². The molecule has 0 fully saturated rings. The van der Waals surface area contributed by atoms with E-state index in [9.17, 15) is 4.79 Å². The molecule has 0 saturated heterocycles. The largest absolute Gasteiger partial charge is 0.449 e. The van der Waals surface area contributed by atoms with Gasteiger partial charge in [-0.1, -0.05) is 31.5 Å². The molecule has 0 spiro atoms. The number of rotatable bonds is 4. The molecule has 1 aromatic carbocycles. The Bertz CT molecular complexity index is 330. The molecule has 1 aromatic rings. The number of benzene rings is 1. The van der Waals surface area contributed by atoms with Crippen molar-refractivity contribution in [2.75, 3.05) is 11.9 Å². The van der Waals surface area contributed by atoms with E-state index in [0.29, 0.717) is 12.5 Å². The van der Waals surface area contributed by atoms with Gasteiger partial charge in [-0.15, -0.1) is 0 Å². The van der Waals surface area contributed by atoms with Crippen LogP contribution in [0.3, 0.4) is 0 Å². The molecule has 0 atom stereocenters. The Morgan fingerprint density at radius 2 is 1.94 bits per heavy atom. The summed E-state index contributed by atoms with van der Waals surface area (Å²) in [5.41, 5.74) is 1.93. The van der Waals surface area contributed by atoms with Crippen LogP contribution >= 0.6 is 0 Å². The van der Waals surface area contributed by atoms with Gasteiger partial charge in [0.1, 0.15) is 0 Å². The Labute approximate surface area is 96.8 Å². The lowest BCUT2D eigenvalue weighted by atomic mass is 10.1. The van der Waals surface area contributed by atoms with Gasteiger partial charge in [0.15, 0.2) is 0 Å². The van der Waals surface area contributed by atoms with Crippen LogP contribution in [0.25, 0.3) is 0 Å². The molecule has 0 aliphatic carbocycles. The van der Waals surface area contributed by atoms with Crippen LogP contribution < -0.4 is 5.32 Å². The third kappa shape index (κ3) is 4.82. The van der Waals surface area contributed by atoms with E-state index in [4.69, 9.17) is 4.74 Å². The zero-order chi connectivity index (χ0) is 12.0. The first-order chi connectivity index (χ1) is 7.58. The molecule has 0 saturated carbocycles. The van der Waals surface area contributed by atoms with E-state index in [-0.39, 0.29) is 6.09 Å². The van der Waals surface area contributed by atoms with E-state index in [2.05, 4.69) is 19.2 Å². The number of hydrogen-bond donors (Lipinski definition) is 1. The monoisotopic (exact) mass is 221 g/mol. The fourth-order valence-corrected chi connectivity index (χ4v) is 1.18. The van der Waals surface area contributed by atoms with Crippen LogP contribution in [-0.2, 0) is 4.74 Å². The number of amides is 1. The maximum atomic E-state index is 11.3. The van der Waals surface area contributed by atoms with Crippen molar-refractivity contribution in [3.05, 3.63) is 29.8 Å². The van der Waals surface area contributed by atoms with Gasteiger partial charge in [0.25, 0.3) is 0 Å². The first-order valence-corrected chi connectivity index (χ1v) is 5.58. The highest BCUT2D eigenvalue weighted by atomic mass is 16.5. The molecule has 0 bridgehead atoms. The molecular weight excluding hydrogens is 202 g/mol. The van der Waals surface area contributed by atoms with Crippen LogP contribution in [0.5, 0.6) is 0 Å². The minimum Gasteiger partial charge on any atom is -0.449 e. The summed E-state index contributed by atoms with van der Waals surface area (Å²) in [5.74, 6) is 0.548. The molecule has 3 heteroatoms. The van der Waals surface area contributed by atoms with Crippen molar-refractivity contribution in [1.29, 1.82) is 0 Å². The molecule has 0 aliphatic heterocycles. The second-order valence-electron chi connectivity index (χ2n) is 4.31. The van der Waals surface area contributed by atoms with E-state index in [1.54, 1.807) is 0 Å². The Morgan fingerprint density at radius 1 is 1.31 bits per heavy atom. The number of carbonyl (C=O) groups is 1. The van der Waals surface area contributed by atoms with Crippen molar-refractivity contribution in [2.24, 2.45) is 5.92 Å². The summed E-state index contributed by atoms with van der Waals surface area (Å²) in [7, 11) is 0. The molecule has 0 radical (unpaired) electrons. The summed E-state index contributed by atoms with van der Waals surface area (Å²) in [5, 5.41) is 2.68. The van der Waals surface area contributed by atoms with Crippen molar-refractivity contribution >= 4 is 11.8 Å². The summed E-state index contributed by atoms with van der Waals surface area (Å²) < 4.78 is 5.04. The average Bonchev–Trinajstić information content (AvgIpc) is 2.21. The first-order valence-electron chi connectivity index (χ1n) is 5.58. The topological polar surface area (TPSA) is 38.3 Å². The average molecular weight is 221 g/mol. The maximum absolute atomic E-state index is 11.3. The van der Waals surface area contributed by atoms with E-state index < -0.39 is 0 Å². The quantitative estimate of drug-likeness (QED) is 0.843. The SMILES string of the molecule is Cc1ccc(NC(=O)OCCC(C)C)cc1. The first kappa shape index (κ1) is 12.6. The number of ether oxygens (including phenoxy) is 1. The maximum Gasteiger partial charge on any atom is 0.411 e. The number of aryl methyl sites for hydroxylation is 1. The standard InChI is InChI=1S/C13H19NO2/c1-10(2)8-9-16-13(15)14-12-6-4-11(3)5-7-12/h4-7,10H,8-9H2,1-3H3,(H,14,15). The van der Waals surface area contributed by atoms with Crippen LogP contribution in [0, 0.1) is 12.8 Å². The van der Waals surface area contributed by atoms with Crippen LogP contribution in [0.4, 0.5) is 10.5 Å². The van der Waals surface area contributed by atoms with E-state index in [1.807, 2.05) is 31.2 Å². The fraction of sp³-hybridized carbons (Fsp3) is 0.462. The van der Waals surface area contributed by atoms with Gasteiger partial charge in [-0.05, 0) is 31.4 Å². The van der Waals surface area contributed by atoms with E-state index in [0.717, 1.165) is 12.1 Å². The fourth-order valence-electron chi connectivity index (χ4n) is 1.18. The zero-order valence-corrected chi connectivity index (χ0v) is 10.1. The Hall–Kier alpha value is -1.51. The summed E-state index contributed by atoms with van der Waals surface area (Å²) in [6.07, 6.45) is 0.505. The van der Waals surface area contributed by atoms with Gasteiger partial charge in [-0.2, -0.15) is 0 Å². The molecule has 3 nitrogen and oxygen atoms in total. The van der Waals surface area contributed by atoms with Gasteiger partial charge in [-0.25, -0.2) is 4.79 Å². The normalized spacial score (nSPS) is 10.2. The van der Waals surface area contributed by atoms with Crippen LogP contribution in [0.2, 0.25) is 0 Å². The highest BCUT2D eigenvalue weighted by molar-refractivity contribution is 5.84. The van der Waals surface area contributed by atoms with Gasteiger partial charge in [0.2, 0.25) is 0 Å². The molecule has 88 valence electrons. The third-order valence-electron chi connectivity index (χ3n) is 2.23. The molecule has 0 aliphatic rings. The molecule has 1 rings (SSSR count). The van der Waals surface area contributed by atoms with Gasteiger partial charge in [0, 0.05) is 5.69 Å². The lowest BCUT2D eigenvalue weighted by molar-refractivity contribution is 0.155. The van der Waals surface area contributed by atoms with E-state index >= 15 is 0 Å². The summed E-state index contributed by atoms with van der Waals surface area (Å²) in [6.45, 7) is 6.67. The minimum atomic E-state index is -0.385. The van der Waals surface area contributed by atoms with Crippen molar-refractivity contribution < 1.29 is 9.53 Å². The Kier molecular flexibility index (Phi) is 4.83. The predicted molar refractivity (Wildman–Crippen MR) is 65.6 cm³/mol.